The number of aryl methyl sites for hydroxylation is 1. The third kappa shape index (κ3) is 2.69. The van der Waals surface area contributed by atoms with E-state index in [0.717, 1.165) is 50.8 Å². The molecule has 5 rings (SSSR count). The van der Waals surface area contributed by atoms with Gasteiger partial charge < -0.3 is 10.7 Å². The van der Waals surface area contributed by atoms with Crippen molar-refractivity contribution >= 4 is 22.5 Å². The molecule has 1 aliphatic rings. The van der Waals surface area contributed by atoms with Crippen LogP contribution in [0.15, 0.2) is 48.7 Å². The van der Waals surface area contributed by atoms with Gasteiger partial charge in [-0.3, -0.25) is 4.79 Å². The number of rotatable bonds is 2. The maximum absolute atomic E-state index is 13.7. The zero-order valence-corrected chi connectivity index (χ0v) is 17.7. The second kappa shape index (κ2) is 6.55. The fraction of sp³-hybridized carbons (Fsp3) is 0.192. The number of aromatic amines is 1. The summed E-state index contributed by atoms with van der Waals surface area (Å²) >= 11 is 0. The van der Waals surface area contributed by atoms with Gasteiger partial charge in [0.2, 0.25) is 0 Å². The van der Waals surface area contributed by atoms with E-state index >= 15 is 0 Å². The Bertz CT molecular complexity index is 1420. The van der Waals surface area contributed by atoms with E-state index in [1.54, 1.807) is 18.3 Å². The summed E-state index contributed by atoms with van der Waals surface area (Å²) in [5.74, 6) is 0.506. The number of nitriles is 1. The van der Waals surface area contributed by atoms with Crippen LogP contribution >= 0.6 is 0 Å². The number of ketones is 1. The third-order valence-electron chi connectivity index (χ3n) is 6.42. The van der Waals surface area contributed by atoms with Crippen molar-refractivity contribution in [3.05, 3.63) is 82.2 Å². The number of carbonyl (C=O) groups excluding carboxylic acids is 1. The van der Waals surface area contributed by atoms with Crippen LogP contribution in [0.25, 0.3) is 22.0 Å². The fourth-order valence-corrected chi connectivity index (χ4v) is 4.72. The zero-order valence-electron chi connectivity index (χ0n) is 17.7. The number of benzene rings is 2. The molecule has 0 amide bonds. The standard InChI is InChI=1S/C26H22N4O/c1-4-15-10-19-20(11-18(15)16-6-8-22(28)29-13-16)26(2,3)25-23(24(19)31)17-7-5-14(12-27)9-21(17)30-25/h5-11,13,30H,4H2,1-3H3,(H2,28,29). The molecule has 31 heavy (non-hydrogen) atoms. The number of hydrogen-bond acceptors (Lipinski definition) is 4. The molecule has 0 bridgehead atoms. The molecule has 5 heteroatoms. The number of nitrogens with one attached hydrogen (secondary N) is 1. The molecular weight excluding hydrogens is 384 g/mol. The van der Waals surface area contributed by atoms with Crippen molar-refractivity contribution in [2.75, 3.05) is 5.73 Å². The Hall–Kier alpha value is -3.91. The van der Waals surface area contributed by atoms with Crippen molar-refractivity contribution in [2.45, 2.75) is 32.6 Å². The Morgan fingerprint density at radius 2 is 1.94 bits per heavy atom. The highest BCUT2D eigenvalue weighted by Crippen LogP contribution is 2.45. The van der Waals surface area contributed by atoms with Gasteiger partial charge in [0.25, 0.3) is 0 Å². The molecule has 2 heterocycles. The summed E-state index contributed by atoms with van der Waals surface area (Å²) in [4.78, 5) is 21.4. The Kier molecular flexibility index (Phi) is 4.03. The van der Waals surface area contributed by atoms with Crippen LogP contribution in [0.3, 0.4) is 0 Å². The summed E-state index contributed by atoms with van der Waals surface area (Å²) in [6.07, 6.45) is 2.58. The average molecular weight is 406 g/mol. The van der Waals surface area contributed by atoms with Gasteiger partial charge in [-0.05, 0) is 59.5 Å². The van der Waals surface area contributed by atoms with Crippen LogP contribution in [0, 0.1) is 11.3 Å². The molecule has 4 aromatic rings. The van der Waals surface area contributed by atoms with Crippen molar-refractivity contribution in [2.24, 2.45) is 0 Å². The number of nitrogen functional groups attached to an aromatic ring is 1. The molecule has 152 valence electrons. The lowest BCUT2D eigenvalue weighted by atomic mass is 9.70. The molecule has 0 saturated carbocycles. The molecule has 1 aliphatic carbocycles. The second-order valence-electron chi connectivity index (χ2n) is 8.58. The van der Waals surface area contributed by atoms with Gasteiger partial charge in [-0.2, -0.15) is 5.26 Å². The number of anilines is 1. The van der Waals surface area contributed by atoms with E-state index in [4.69, 9.17) is 5.73 Å². The van der Waals surface area contributed by atoms with E-state index in [2.05, 4.69) is 42.9 Å². The monoisotopic (exact) mass is 406 g/mol. The average Bonchev–Trinajstić information content (AvgIpc) is 3.17. The molecule has 0 radical (unpaired) electrons. The normalized spacial score (nSPS) is 14.2. The SMILES string of the molecule is CCc1cc2c(cc1-c1ccc(N)nc1)C(C)(C)c1[nH]c3cc(C#N)ccc3c1C2=O. The number of pyridine rings is 1. The maximum atomic E-state index is 13.7. The predicted octanol–water partition coefficient (Wildman–Crippen LogP) is 5.12. The lowest BCUT2D eigenvalue weighted by Gasteiger charge is -2.33. The number of nitrogens with zero attached hydrogens (tertiary/aromatic N) is 2. The van der Waals surface area contributed by atoms with Gasteiger partial charge in [-0.1, -0.05) is 26.8 Å². The summed E-state index contributed by atoms with van der Waals surface area (Å²) in [6.45, 7) is 6.36. The summed E-state index contributed by atoms with van der Waals surface area (Å²) < 4.78 is 0. The molecular formula is C26H22N4O. The van der Waals surface area contributed by atoms with Crippen molar-refractivity contribution in [3.63, 3.8) is 0 Å². The van der Waals surface area contributed by atoms with Crippen LogP contribution in [0.1, 0.15) is 59.1 Å². The van der Waals surface area contributed by atoms with Gasteiger partial charge in [-0.15, -0.1) is 0 Å². The van der Waals surface area contributed by atoms with E-state index < -0.39 is 5.41 Å². The highest BCUT2D eigenvalue weighted by atomic mass is 16.1. The van der Waals surface area contributed by atoms with Crippen molar-refractivity contribution in [1.82, 2.24) is 9.97 Å². The van der Waals surface area contributed by atoms with Crippen molar-refractivity contribution in [3.8, 4) is 17.2 Å². The van der Waals surface area contributed by atoms with E-state index in [9.17, 15) is 10.1 Å². The number of H-pyrrole nitrogens is 1. The predicted molar refractivity (Wildman–Crippen MR) is 122 cm³/mol. The lowest BCUT2D eigenvalue weighted by molar-refractivity contribution is 0.103. The quantitative estimate of drug-likeness (QED) is 0.483. The van der Waals surface area contributed by atoms with E-state index in [0.29, 0.717) is 16.9 Å². The first-order valence-corrected chi connectivity index (χ1v) is 10.4. The molecule has 2 aromatic carbocycles. The first kappa shape index (κ1) is 19.1. The minimum Gasteiger partial charge on any atom is -0.384 e. The Balaban J connectivity index is 1.78. The Morgan fingerprint density at radius 1 is 1.13 bits per heavy atom. The fourth-order valence-electron chi connectivity index (χ4n) is 4.72. The minimum atomic E-state index is -0.410. The lowest BCUT2D eigenvalue weighted by Crippen LogP contribution is -2.30. The van der Waals surface area contributed by atoms with Gasteiger partial charge >= 0.3 is 0 Å². The van der Waals surface area contributed by atoms with Gasteiger partial charge in [-0.25, -0.2) is 4.98 Å². The molecule has 2 aromatic heterocycles. The van der Waals surface area contributed by atoms with E-state index in [1.807, 2.05) is 24.3 Å². The summed E-state index contributed by atoms with van der Waals surface area (Å²) in [6, 6.07) is 15.6. The largest absolute Gasteiger partial charge is 0.384 e. The number of hydrogen-bond donors (Lipinski definition) is 2. The maximum Gasteiger partial charge on any atom is 0.195 e. The minimum absolute atomic E-state index is 0.0250. The third-order valence-corrected chi connectivity index (χ3v) is 6.42. The molecule has 0 aliphatic heterocycles. The molecule has 5 nitrogen and oxygen atoms in total. The Labute approximate surface area is 180 Å². The molecule has 0 spiro atoms. The number of fused-ring (bicyclic) bond motifs is 4. The van der Waals surface area contributed by atoms with Crippen molar-refractivity contribution in [1.29, 1.82) is 5.26 Å². The zero-order chi connectivity index (χ0) is 21.9. The molecule has 0 atom stereocenters. The van der Waals surface area contributed by atoms with Crippen molar-refractivity contribution < 1.29 is 4.79 Å². The van der Waals surface area contributed by atoms with Crippen LogP contribution in [0.2, 0.25) is 0 Å². The van der Waals surface area contributed by atoms with Gasteiger partial charge in [0.1, 0.15) is 5.82 Å². The number of nitrogens with two attached hydrogens (primary N) is 1. The van der Waals surface area contributed by atoms with Gasteiger partial charge in [0, 0.05) is 39.3 Å². The number of aromatic nitrogens is 2. The topological polar surface area (TPSA) is 95.6 Å². The summed E-state index contributed by atoms with van der Waals surface area (Å²) in [7, 11) is 0. The smallest absolute Gasteiger partial charge is 0.195 e. The molecule has 0 fully saturated rings. The van der Waals surface area contributed by atoms with Crippen LogP contribution < -0.4 is 5.73 Å². The van der Waals surface area contributed by atoms with E-state index in [-0.39, 0.29) is 5.78 Å². The van der Waals surface area contributed by atoms with Crippen LogP contribution in [-0.4, -0.2) is 15.8 Å². The summed E-state index contributed by atoms with van der Waals surface area (Å²) in [5, 5.41) is 10.1. The van der Waals surface area contributed by atoms with Crippen LogP contribution in [0.4, 0.5) is 5.82 Å². The first-order chi connectivity index (χ1) is 14.8. The van der Waals surface area contributed by atoms with Gasteiger partial charge in [0.15, 0.2) is 5.78 Å². The second-order valence-corrected chi connectivity index (χ2v) is 8.58. The van der Waals surface area contributed by atoms with Gasteiger partial charge in [0.05, 0.1) is 17.2 Å². The summed E-state index contributed by atoms with van der Waals surface area (Å²) in [5.41, 5.74) is 13.2. The molecule has 0 unspecified atom stereocenters. The number of carbonyl (C=O) groups is 1. The van der Waals surface area contributed by atoms with E-state index in [1.165, 1.54) is 0 Å². The highest BCUT2D eigenvalue weighted by Gasteiger charge is 2.40. The van der Waals surface area contributed by atoms with Crippen LogP contribution in [0.5, 0.6) is 0 Å². The van der Waals surface area contributed by atoms with Crippen LogP contribution in [-0.2, 0) is 11.8 Å². The first-order valence-electron chi connectivity index (χ1n) is 10.4. The molecule has 3 N–H and O–H groups in total. The highest BCUT2D eigenvalue weighted by molar-refractivity contribution is 6.20. The Morgan fingerprint density at radius 3 is 2.61 bits per heavy atom. The molecule has 0 saturated heterocycles.